The van der Waals surface area contributed by atoms with Gasteiger partial charge in [0.15, 0.2) is 0 Å². The van der Waals surface area contributed by atoms with Gasteiger partial charge in [0.2, 0.25) is 0 Å². The van der Waals surface area contributed by atoms with Gasteiger partial charge >= 0.3 is 5.97 Å². The molecule has 0 heterocycles. The van der Waals surface area contributed by atoms with Crippen LogP contribution >= 0.6 is 7.92 Å². The topological polar surface area (TPSA) is 37.3 Å². The predicted octanol–water partition coefficient (Wildman–Crippen LogP) is 4.54. The van der Waals surface area contributed by atoms with E-state index in [4.69, 9.17) is 5.11 Å². The first kappa shape index (κ1) is 17.7. The minimum atomic E-state index is -0.679. The fraction of sp³-hybridized carbons (Fsp3) is 0.350. The number of rotatable bonds is 10. The Morgan fingerprint density at radius 2 is 1.22 bits per heavy atom. The van der Waals surface area contributed by atoms with Crippen molar-refractivity contribution in [2.45, 2.75) is 38.5 Å². The Labute approximate surface area is 140 Å². The second-order valence-corrected chi connectivity index (χ2v) is 8.07. The number of carboxylic acid groups (broad SMARTS) is 1. The Kier molecular flexibility index (Phi) is 7.83. The van der Waals surface area contributed by atoms with E-state index in [-0.39, 0.29) is 7.92 Å². The molecule has 23 heavy (non-hydrogen) atoms. The van der Waals surface area contributed by atoms with Crippen LogP contribution in [0.25, 0.3) is 0 Å². The molecule has 3 heteroatoms. The smallest absolute Gasteiger partial charge is 0.303 e. The lowest BCUT2D eigenvalue weighted by Crippen LogP contribution is -2.13. The lowest BCUT2D eigenvalue weighted by Gasteiger charge is -2.18. The minimum absolute atomic E-state index is 0.280. The third kappa shape index (κ3) is 6.54. The molecule has 0 aliphatic carbocycles. The van der Waals surface area contributed by atoms with E-state index in [1.807, 2.05) is 0 Å². The summed E-state index contributed by atoms with van der Waals surface area (Å²) in [4.78, 5) is 10.5. The third-order valence-corrected chi connectivity index (χ3v) is 6.51. The highest BCUT2D eigenvalue weighted by Crippen LogP contribution is 2.34. The van der Waals surface area contributed by atoms with Gasteiger partial charge in [-0.3, -0.25) is 4.79 Å². The summed E-state index contributed by atoms with van der Waals surface area (Å²) in [5.41, 5.74) is 0. The molecule has 0 aromatic heterocycles. The summed E-state index contributed by atoms with van der Waals surface area (Å²) in [5, 5.41) is 11.5. The molecular formula is C20H25O2P. The maximum Gasteiger partial charge on any atom is 0.303 e. The van der Waals surface area contributed by atoms with Gasteiger partial charge in [-0.15, -0.1) is 0 Å². The van der Waals surface area contributed by atoms with Crippen molar-refractivity contribution in [2.75, 3.05) is 6.16 Å². The summed E-state index contributed by atoms with van der Waals surface area (Å²) in [6.07, 6.45) is 6.89. The quantitative estimate of drug-likeness (QED) is 0.513. The molecule has 122 valence electrons. The van der Waals surface area contributed by atoms with Crippen LogP contribution in [-0.4, -0.2) is 17.2 Å². The number of benzene rings is 2. The molecule has 2 aromatic rings. The molecule has 0 atom stereocenters. The zero-order valence-electron chi connectivity index (χ0n) is 13.5. The van der Waals surface area contributed by atoms with Crippen LogP contribution in [0, 0.1) is 0 Å². The van der Waals surface area contributed by atoms with Crippen LogP contribution in [0.15, 0.2) is 60.7 Å². The van der Waals surface area contributed by atoms with Crippen molar-refractivity contribution in [1.82, 2.24) is 0 Å². The summed E-state index contributed by atoms with van der Waals surface area (Å²) >= 11 is 0. The van der Waals surface area contributed by atoms with Crippen LogP contribution in [-0.2, 0) is 4.79 Å². The largest absolute Gasteiger partial charge is 0.481 e. The Morgan fingerprint density at radius 1 is 0.739 bits per heavy atom. The van der Waals surface area contributed by atoms with E-state index in [1.54, 1.807) is 0 Å². The van der Waals surface area contributed by atoms with Gasteiger partial charge in [-0.1, -0.05) is 79.9 Å². The van der Waals surface area contributed by atoms with Gasteiger partial charge in [0.1, 0.15) is 0 Å². The van der Waals surface area contributed by atoms with Crippen LogP contribution in [0.3, 0.4) is 0 Å². The molecular weight excluding hydrogens is 303 g/mol. The summed E-state index contributed by atoms with van der Waals surface area (Å²) in [5.74, 6) is -0.679. The average molecular weight is 328 g/mol. The fourth-order valence-corrected chi connectivity index (χ4v) is 5.12. The summed E-state index contributed by atoms with van der Waals surface area (Å²) < 4.78 is 0. The number of carbonyl (C=O) groups is 1. The number of hydrogen-bond donors (Lipinski definition) is 1. The van der Waals surface area contributed by atoms with Crippen molar-refractivity contribution in [3.63, 3.8) is 0 Å². The fourth-order valence-electron chi connectivity index (χ4n) is 2.70. The molecule has 0 amide bonds. The van der Waals surface area contributed by atoms with Gasteiger partial charge < -0.3 is 5.11 Å². The molecule has 0 fully saturated rings. The van der Waals surface area contributed by atoms with Crippen molar-refractivity contribution >= 4 is 24.5 Å². The molecule has 0 aliphatic heterocycles. The van der Waals surface area contributed by atoms with Gasteiger partial charge in [0, 0.05) is 6.42 Å². The highest BCUT2D eigenvalue weighted by atomic mass is 31.1. The second kappa shape index (κ2) is 10.2. The van der Waals surface area contributed by atoms with Crippen molar-refractivity contribution < 1.29 is 9.90 Å². The maximum absolute atomic E-state index is 10.5. The number of carboxylic acids is 1. The molecule has 0 radical (unpaired) electrons. The van der Waals surface area contributed by atoms with Crippen LogP contribution in [0.5, 0.6) is 0 Å². The van der Waals surface area contributed by atoms with Crippen molar-refractivity contribution in [2.24, 2.45) is 0 Å². The first-order valence-electron chi connectivity index (χ1n) is 8.37. The molecule has 0 aliphatic rings. The number of unbranched alkanes of at least 4 members (excludes halogenated alkanes) is 4. The Bertz CT molecular complexity index is 529. The van der Waals surface area contributed by atoms with Crippen LogP contribution in [0.2, 0.25) is 0 Å². The highest BCUT2D eigenvalue weighted by Gasteiger charge is 2.12. The highest BCUT2D eigenvalue weighted by molar-refractivity contribution is 7.73. The first-order valence-corrected chi connectivity index (χ1v) is 9.89. The monoisotopic (exact) mass is 328 g/mol. The molecule has 0 saturated carbocycles. The average Bonchev–Trinajstić information content (AvgIpc) is 2.59. The standard InChI is InChI=1S/C20H25O2P/c21-20(22)16-10-2-1-3-11-17-23(18-12-6-4-7-13-18)19-14-8-5-9-15-19/h4-9,12-15H,1-3,10-11,16-17H2,(H,21,22). The molecule has 1 N–H and O–H groups in total. The number of hydrogen-bond acceptors (Lipinski definition) is 1. The lowest BCUT2D eigenvalue weighted by molar-refractivity contribution is -0.137. The van der Waals surface area contributed by atoms with Gasteiger partial charge in [-0.25, -0.2) is 0 Å². The summed E-state index contributed by atoms with van der Waals surface area (Å²) in [6, 6.07) is 21.6. The number of aliphatic carboxylic acids is 1. The van der Waals surface area contributed by atoms with E-state index in [0.29, 0.717) is 6.42 Å². The molecule has 0 spiro atoms. The maximum atomic E-state index is 10.5. The van der Waals surface area contributed by atoms with Gasteiger partial charge in [-0.05, 0) is 37.5 Å². The van der Waals surface area contributed by atoms with E-state index in [2.05, 4.69) is 60.7 Å². The van der Waals surface area contributed by atoms with Crippen molar-refractivity contribution in [3.8, 4) is 0 Å². The molecule has 2 rings (SSSR count). The van der Waals surface area contributed by atoms with E-state index < -0.39 is 5.97 Å². The van der Waals surface area contributed by atoms with Gasteiger partial charge in [-0.2, -0.15) is 0 Å². The van der Waals surface area contributed by atoms with Crippen LogP contribution in [0.4, 0.5) is 0 Å². The summed E-state index contributed by atoms with van der Waals surface area (Å²) in [7, 11) is -0.280. The summed E-state index contributed by atoms with van der Waals surface area (Å²) in [6.45, 7) is 0. The molecule has 0 bridgehead atoms. The first-order chi connectivity index (χ1) is 11.3. The minimum Gasteiger partial charge on any atom is -0.481 e. The van der Waals surface area contributed by atoms with E-state index >= 15 is 0 Å². The molecule has 2 aromatic carbocycles. The lowest BCUT2D eigenvalue weighted by atomic mass is 10.1. The van der Waals surface area contributed by atoms with Crippen molar-refractivity contribution in [3.05, 3.63) is 60.7 Å². The van der Waals surface area contributed by atoms with Gasteiger partial charge in [0.25, 0.3) is 0 Å². The normalized spacial score (nSPS) is 10.8. The zero-order valence-corrected chi connectivity index (χ0v) is 14.4. The molecule has 2 nitrogen and oxygen atoms in total. The Morgan fingerprint density at radius 3 is 1.74 bits per heavy atom. The second-order valence-electron chi connectivity index (χ2n) is 5.73. The predicted molar refractivity (Wildman–Crippen MR) is 99.3 cm³/mol. The Hall–Kier alpha value is -1.66. The van der Waals surface area contributed by atoms with Crippen LogP contribution < -0.4 is 10.6 Å². The SMILES string of the molecule is O=C(O)CCCCCCCP(c1ccccc1)c1ccccc1. The van der Waals surface area contributed by atoms with Crippen LogP contribution in [0.1, 0.15) is 38.5 Å². The van der Waals surface area contributed by atoms with E-state index in [9.17, 15) is 4.79 Å². The third-order valence-electron chi connectivity index (χ3n) is 3.91. The van der Waals surface area contributed by atoms with E-state index in [1.165, 1.54) is 29.6 Å². The van der Waals surface area contributed by atoms with Gasteiger partial charge in [0.05, 0.1) is 0 Å². The van der Waals surface area contributed by atoms with Crippen molar-refractivity contribution in [1.29, 1.82) is 0 Å². The zero-order chi connectivity index (χ0) is 16.3. The molecule has 0 saturated heterocycles. The Balaban J connectivity index is 1.83. The molecule has 0 unspecified atom stereocenters. The van der Waals surface area contributed by atoms with E-state index in [0.717, 1.165) is 19.3 Å².